The van der Waals surface area contributed by atoms with Crippen molar-refractivity contribution in [2.45, 2.75) is 17.6 Å². The average molecular weight is 515 g/mol. The number of sulfonamides is 1. The molecule has 0 spiro atoms. The van der Waals surface area contributed by atoms with E-state index in [1.54, 1.807) is 0 Å². The average Bonchev–Trinajstić information content (AvgIpc) is 3.17. The molecule has 1 fully saturated rings. The quantitative estimate of drug-likeness (QED) is 0.512. The number of thiazole rings is 1. The Bertz CT molecular complexity index is 1350. The summed E-state index contributed by atoms with van der Waals surface area (Å²) >= 11 is 0.623. The molecule has 0 radical (unpaired) electrons. The Morgan fingerprint density at radius 1 is 1.09 bits per heavy atom. The Balaban J connectivity index is 1.69. The van der Waals surface area contributed by atoms with E-state index >= 15 is 0 Å². The second-order valence-electron chi connectivity index (χ2n) is 7.68. The van der Waals surface area contributed by atoms with Gasteiger partial charge in [0.2, 0.25) is 16.4 Å². The van der Waals surface area contributed by atoms with E-state index in [9.17, 15) is 30.8 Å². The van der Waals surface area contributed by atoms with Gasteiger partial charge in [0.1, 0.15) is 11.6 Å². The van der Waals surface area contributed by atoms with Gasteiger partial charge in [-0.05, 0) is 42.8 Å². The molecule has 13 heteroatoms. The lowest BCUT2D eigenvalue weighted by atomic mass is 10.0. The molecular weight excluding hydrogens is 496 g/mol. The van der Waals surface area contributed by atoms with E-state index in [0.29, 0.717) is 16.9 Å². The van der Waals surface area contributed by atoms with Gasteiger partial charge in [-0.15, -0.1) is 0 Å². The second kappa shape index (κ2) is 8.96. The number of alkyl halides is 2. The molecule has 2 N–H and O–H groups in total. The summed E-state index contributed by atoms with van der Waals surface area (Å²) in [6, 6.07) is 8.09. The van der Waals surface area contributed by atoms with Crippen LogP contribution in [0.25, 0.3) is 11.1 Å². The highest BCUT2D eigenvalue weighted by Crippen LogP contribution is 2.35. The lowest BCUT2D eigenvalue weighted by Gasteiger charge is -2.38. The zero-order valence-corrected chi connectivity index (χ0v) is 19.2. The number of amides is 2. The molecule has 0 unspecified atom stereocenters. The smallest absolute Gasteiger partial charge is 0.293 e. The molecule has 1 saturated heterocycles. The number of halogens is 4. The standard InChI is InChI=1S/C21H18F4N4O3S2/c1-11-19(34(26,31)32)33-20(27-11)29-10-13(18(24)25)9-28(21(29)30)15-5-2-12(3-6-15)16-8-14(22)4-7-17(16)23/h2-8,13,18H,9-10H2,1H3,(H2,26,31,32)/t13-/m0/s1. The molecule has 0 bridgehead atoms. The molecule has 1 aliphatic rings. The lowest BCUT2D eigenvalue weighted by molar-refractivity contribution is 0.0810. The van der Waals surface area contributed by atoms with Gasteiger partial charge in [-0.25, -0.2) is 40.9 Å². The third-order valence-corrected chi connectivity index (χ3v) is 8.04. The van der Waals surface area contributed by atoms with Crippen LogP contribution in [0.5, 0.6) is 0 Å². The van der Waals surface area contributed by atoms with Gasteiger partial charge < -0.3 is 0 Å². The number of urea groups is 1. The summed E-state index contributed by atoms with van der Waals surface area (Å²) in [5, 5.41) is 5.10. The number of nitrogens with two attached hydrogens (primary N) is 1. The van der Waals surface area contributed by atoms with Gasteiger partial charge in [0.25, 0.3) is 0 Å². The first-order valence-corrected chi connectivity index (χ1v) is 12.2. The third-order valence-electron chi connectivity index (χ3n) is 5.30. The number of carbonyl (C=O) groups excluding carboxylic acids is 1. The first kappa shape index (κ1) is 24.1. The fourth-order valence-corrected chi connectivity index (χ4v) is 5.60. The first-order valence-electron chi connectivity index (χ1n) is 9.88. The zero-order valence-electron chi connectivity index (χ0n) is 17.6. The topological polar surface area (TPSA) is 96.6 Å². The highest BCUT2D eigenvalue weighted by atomic mass is 32.2. The van der Waals surface area contributed by atoms with E-state index in [1.807, 2.05) is 0 Å². The van der Waals surface area contributed by atoms with Gasteiger partial charge in [0.15, 0.2) is 9.34 Å². The maximum absolute atomic E-state index is 14.1. The number of carbonyl (C=O) groups is 1. The molecule has 2 heterocycles. The number of benzene rings is 2. The minimum Gasteiger partial charge on any atom is -0.293 e. The van der Waals surface area contributed by atoms with Crippen LogP contribution in [-0.4, -0.2) is 38.9 Å². The van der Waals surface area contributed by atoms with E-state index in [-0.39, 0.29) is 39.4 Å². The molecular formula is C21H18F4N4O3S2. The minimum atomic E-state index is -4.10. The Hall–Kier alpha value is -3.03. The van der Waals surface area contributed by atoms with Gasteiger partial charge in [-0.2, -0.15) is 0 Å². The largest absolute Gasteiger partial charge is 0.330 e. The number of rotatable bonds is 5. The van der Waals surface area contributed by atoms with E-state index in [2.05, 4.69) is 4.98 Å². The molecule has 7 nitrogen and oxygen atoms in total. The summed E-state index contributed by atoms with van der Waals surface area (Å²) in [6.07, 6.45) is -2.77. The maximum atomic E-state index is 14.1. The fraction of sp³-hybridized carbons (Fsp3) is 0.238. The second-order valence-corrected chi connectivity index (χ2v) is 10.4. The number of hydrogen-bond donors (Lipinski definition) is 1. The molecule has 4 rings (SSSR count). The van der Waals surface area contributed by atoms with E-state index in [4.69, 9.17) is 5.14 Å². The van der Waals surface area contributed by atoms with Crippen molar-refractivity contribution in [1.29, 1.82) is 0 Å². The van der Waals surface area contributed by atoms with Crippen LogP contribution < -0.4 is 14.9 Å². The Morgan fingerprint density at radius 2 is 1.74 bits per heavy atom. The van der Waals surface area contributed by atoms with Crippen LogP contribution in [0, 0.1) is 24.5 Å². The number of anilines is 2. The van der Waals surface area contributed by atoms with Crippen molar-refractivity contribution in [3.8, 4) is 11.1 Å². The first-order chi connectivity index (χ1) is 16.0. The van der Waals surface area contributed by atoms with Crippen molar-refractivity contribution in [1.82, 2.24) is 4.98 Å². The molecule has 180 valence electrons. The van der Waals surface area contributed by atoms with E-state index < -0.39 is 40.0 Å². The van der Waals surface area contributed by atoms with Crippen LogP contribution in [0.4, 0.5) is 33.2 Å². The van der Waals surface area contributed by atoms with Crippen LogP contribution in [0.1, 0.15) is 5.69 Å². The molecule has 0 aliphatic carbocycles. The number of hydrogen-bond acceptors (Lipinski definition) is 5. The van der Waals surface area contributed by atoms with Crippen molar-refractivity contribution in [2.24, 2.45) is 11.1 Å². The molecule has 1 aromatic heterocycles. The van der Waals surface area contributed by atoms with Gasteiger partial charge in [-0.1, -0.05) is 23.5 Å². The highest BCUT2D eigenvalue weighted by molar-refractivity contribution is 7.91. The Labute approximate surface area is 196 Å². The molecule has 1 aliphatic heterocycles. The predicted molar refractivity (Wildman–Crippen MR) is 120 cm³/mol. The minimum absolute atomic E-state index is 0.0115. The molecule has 2 amide bonds. The van der Waals surface area contributed by atoms with E-state index in [0.717, 1.165) is 28.0 Å². The summed E-state index contributed by atoms with van der Waals surface area (Å²) in [5.74, 6) is -2.52. The molecule has 1 atom stereocenters. The van der Waals surface area contributed by atoms with Crippen molar-refractivity contribution >= 4 is 38.2 Å². The van der Waals surface area contributed by atoms with Crippen molar-refractivity contribution < 1.29 is 30.8 Å². The maximum Gasteiger partial charge on any atom is 0.330 e. The normalized spacial score (nSPS) is 17.0. The molecule has 34 heavy (non-hydrogen) atoms. The Kier molecular flexibility index (Phi) is 6.36. The molecule has 0 saturated carbocycles. The molecule has 3 aromatic rings. The lowest BCUT2D eigenvalue weighted by Crippen LogP contribution is -2.55. The van der Waals surface area contributed by atoms with Crippen LogP contribution in [0.3, 0.4) is 0 Å². The summed E-state index contributed by atoms with van der Waals surface area (Å²) in [5.41, 5.74) is 0.654. The third kappa shape index (κ3) is 4.63. The number of aryl methyl sites for hydroxylation is 1. The van der Waals surface area contributed by atoms with E-state index in [1.165, 1.54) is 31.2 Å². The van der Waals surface area contributed by atoms with Crippen molar-refractivity contribution in [3.63, 3.8) is 0 Å². The summed E-state index contributed by atoms with van der Waals surface area (Å²) in [6.45, 7) is 0.727. The van der Waals surface area contributed by atoms with Crippen LogP contribution in [-0.2, 0) is 10.0 Å². The van der Waals surface area contributed by atoms with Crippen LogP contribution in [0.15, 0.2) is 46.7 Å². The van der Waals surface area contributed by atoms with Gasteiger partial charge in [0.05, 0.1) is 11.6 Å². The number of primary sulfonamides is 1. The number of aromatic nitrogens is 1. The summed E-state index contributed by atoms with van der Waals surface area (Å²) < 4.78 is 78.2. The SMILES string of the molecule is Cc1nc(N2C[C@@H](C(F)F)CN(c3ccc(-c4cc(F)ccc4F)cc3)C2=O)sc1S(N)(=O)=O. The highest BCUT2D eigenvalue weighted by Gasteiger charge is 2.39. The number of nitrogens with zero attached hydrogens (tertiary/aromatic N) is 3. The molecule has 2 aromatic carbocycles. The zero-order chi connectivity index (χ0) is 24.8. The van der Waals surface area contributed by atoms with Crippen LogP contribution >= 0.6 is 11.3 Å². The summed E-state index contributed by atoms with van der Waals surface area (Å²) in [7, 11) is -4.10. The van der Waals surface area contributed by atoms with Crippen molar-refractivity contribution in [2.75, 3.05) is 22.9 Å². The Morgan fingerprint density at radius 3 is 2.32 bits per heavy atom. The fourth-order valence-electron chi connectivity index (χ4n) is 3.65. The van der Waals surface area contributed by atoms with Gasteiger partial charge in [-0.3, -0.25) is 9.80 Å². The van der Waals surface area contributed by atoms with Gasteiger partial charge >= 0.3 is 6.03 Å². The monoisotopic (exact) mass is 514 g/mol. The summed E-state index contributed by atoms with van der Waals surface area (Å²) in [4.78, 5) is 19.4. The van der Waals surface area contributed by atoms with Gasteiger partial charge in [0, 0.05) is 24.3 Å². The predicted octanol–water partition coefficient (Wildman–Crippen LogP) is 4.37. The van der Waals surface area contributed by atoms with Crippen molar-refractivity contribution in [3.05, 3.63) is 59.8 Å². The van der Waals surface area contributed by atoms with Crippen LogP contribution in [0.2, 0.25) is 0 Å².